The standard InChI is InChI=1S/C14H6BrCl2IN2O2S/c15-7-4-6(22-12(7)18)5-10-13(21)20-14(23-10)19-9-3-1-2-8(16)11(9)17/h1-5H,(H,19,20,21)/b10-5-. The van der Waals surface area contributed by atoms with Crippen LogP contribution in [0.25, 0.3) is 6.08 Å². The average molecular weight is 544 g/mol. The number of benzene rings is 1. The zero-order valence-electron chi connectivity index (χ0n) is 11.1. The van der Waals surface area contributed by atoms with Crippen molar-refractivity contribution >= 4 is 96.3 Å². The lowest BCUT2D eigenvalue weighted by molar-refractivity contribution is -0.115. The zero-order valence-corrected chi connectivity index (χ0v) is 17.1. The molecule has 118 valence electrons. The Balaban J connectivity index is 1.87. The van der Waals surface area contributed by atoms with Crippen LogP contribution in [0.5, 0.6) is 0 Å². The first-order chi connectivity index (χ1) is 10.9. The molecule has 1 amide bonds. The van der Waals surface area contributed by atoms with E-state index >= 15 is 0 Å². The number of nitrogens with zero attached hydrogens (tertiary/aromatic N) is 1. The van der Waals surface area contributed by atoms with E-state index in [0.717, 1.165) is 8.24 Å². The number of hydrogen-bond acceptors (Lipinski definition) is 4. The minimum Gasteiger partial charge on any atom is -0.450 e. The van der Waals surface area contributed by atoms with Crippen molar-refractivity contribution in [2.24, 2.45) is 4.99 Å². The Bertz CT molecular complexity index is 847. The molecule has 0 aliphatic carbocycles. The van der Waals surface area contributed by atoms with Crippen molar-refractivity contribution in [2.45, 2.75) is 0 Å². The summed E-state index contributed by atoms with van der Waals surface area (Å²) in [7, 11) is 0. The van der Waals surface area contributed by atoms with Crippen molar-refractivity contribution in [3.8, 4) is 0 Å². The van der Waals surface area contributed by atoms with E-state index in [9.17, 15) is 4.79 Å². The molecule has 2 aromatic rings. The highest BCUT2D eigenvalue weighted by atomic mass is 127. The summed E-state index contributed by atoms with van der Waals surface area (Å²) >= 11 is 18.7. The highest BCUT2D eigenvalue weighted by molar-refractivity contribution is 14.1. The smallest absolute Gasteiger partial charge is 0.264 e. The van der Waals surface area contributed by atoms with Crippen LogP contribution in [0.1, 0.15) is 5.76 Å². The van der Waals surface area contributed by atoms with Crippen molar-refractivity contribution in [1.82, 2.24) is 5.32 Å². The highest BCUT2D eigenvalue weighted by Crippen LogP contribution is 2.35. The molecule has 1 N–H and O–H groups in total. The molecule has 2 heterocycles. The number of thioether (sulfide) groups is 1. The van der Waals surface area contributed by atoms with Crippen LogP contribution in [0.3, 0.4) is 0 Å². The van der Waals surface area contributed by atoms with Gasteiger partial charge < -0.3 is 9.73 Å². The van der Waals surface area contributed by atoms with Crippen LogP contribution < -0.4 is 5.32 Å². The third-order valence-electron chi connectivity index (χ3n) is 2.74. The maximum absolute atomic E-state index is 12.0. The summed E-state index contributed by atoms with van der Waals surface area (Å²) in [6.45, 7) is 0. The number of furan rings is 1. The SMILES string of the molecule is O=C1NC(=Nc2cccc(Cl)c2Cl)S/C1=C\c1cc(Br)c(I)o1. The summed E-state index contributed by atoms with van der Waals surface area (Å²) in [6.07, 6.45) is 1.66. The fourth-order valence-electron chi connectivity index (χ4n) is 1.73. The minimum absolute atomic E-state index is 0.241. The molecule has 0 atom stereocenters. The van der Waals surface area contributed by atoms with E-state index in [0.29, 0.717) is 31.6 Å². The van der Waals surface area contributed by atoms with Crippen LogP contribution in [0.15, 0.2) is 43.1 Å². The Morgan fingerprint density at radius 3 is 2.87 bits per heavy atom. The topological polar surface area (TPSA) is 54.6 Å². The summed E-state index contributed by atoms with van der Waals surface area (Å²) in [5.74, 6) is 0.343. The Hall–Kier alpha value is -0.480. The molecule has 0 bridgehead atoms. The highest BCUT2D eigenvalue weighted by Gasteiger charge is 2.25. The van der Waals surface area contributed by atoms with E-state index in [1.54, 1.807) is 30.3 Å². The van der Waals surface area contributed by atoms with Crippen LogP contribution in [-0.2, 0) is 4.79 Å². The van der Waals surface area contributed by atoms with Gasteiger partial charge in [0.05, 0.1) is 25.1 Å². The number of rotatable bonds is 2. The fourth-order valence-corrected chi connectivity index (χ4v) is 3.60. The Kier molecular flexibility index (Phi) is 5.42. The number of amides is 1. The van der Waals surface area contributed by atoms with E-state index in [4.69, 9.17) is 27.6 Å². The van der Waals surface area contributed by atoms with Gasteiger partial charge in [-0.15, -0.1) is 0 Å². The largest absolute Gasteiger partial charge is 0.450 e. The number of hydrogen-bond donors (Lipinski definition) is 1. The van der Waals surface area contributed by atoms with Crippen LogP contribution in [0.2, 0.25) is 10.0 Å². The average Bonchev–Trinajstić information content (AvgIpc) is 2.99. The van der Waals surface area contributed by atoms with Gasteiger partial charge in [-0.2, -0.15) is 0 Å². The summed E-state index contributed by atoms with van der Waals surface area (Å²) in [5.41, 5.74) is 0.499. The molecule has 4 nitrogen and oxygen atoms in total. The van der Waals surface area contributed by atoms with Crippen LogP contribution in [0.4, 0.5) is 5.69 Å². The summed E-state index contributed by atoms with van der Waals surface area (Å²) in [4.78, 5) is 16.8. The predicted octanol–water partition coefficient (Wildman–Crippen LogP) is 5.85. The number of aliphatic imine (C=N–C) groups is 1. The van der Waals surface area contributed by atoms with Gasteiger partial charge in [-0.05, 0) is 45.9 Å². The molecule has 9 heteroatoms. The van der Waals surface area contributed by atoms with Gasteiger partial charge in [-0.1, -0.05) is 29.3 Å². The third kappa shape index (κ3) is 3.96. The van der Waals surface area contributed by atoms with Gasteiger partial charge >= 0.3 is 0 Å². The van der Waals surface area contributed by atoms with Crippen LogP contribution >= 0.6 is 73.5 Å². The van der Waals surface area contributed by atoms with E-state index in [1.807, 2.05) is 0 Å². The first kappa shape index (κ1) is 17.3. The fraction of sp³-hybridized carbons (Fsp3) is 0. The molecule has 1 fully saturated rings. The summed E-state index contributed by atoms with van der Waals surface area (Å²) in [5, 5.41) is 3.88. The molecule has 1 saturated heterocycles. The number of amidine groups is 1. The zero-order chi connectivity index (χ0) is 16.6. The molecular weight excluding hydrogens is 538 g/mol. The lowest BCUT2D eigenvalue weighted by atomic mass is 10.3. The quantitative estimate of drug-likeness (QED) is 0.382. The molecule has 0 spiro atoms. The first-order valence-corrected chi connectivity index (χ1v) is 9.57. The molecule has 0 radical (unpaired) electrons. The van der Waals surface area contributed by atoms with Gasteiger partial charge in [0.25, 0.3) is 5.91 Å². The number of carbonyl (C=O) groups excluding carboxylic acids is 1. The number of nitrogens with one attached hydrogen (secondary N) is 1. The minimum atomic E-state index is -0.241. The molecular formula is C14H6BrCl2IN2O2S. The van der Waals surface area contributed by atoms with Gasteiger partial charge in [-0.3, -0.25) is 4.79 Å². The lowest BCUT2D eigenvalue weighted by Crippen LogP contribution is -2.19. The Morgan fingerprint density at radius 2 is 2.17 bits per heavy atom. The van der Waals surface area contributed by atoms with Gasteiger partial charge in [0.15, 0.2) is 8.93 Å². The van der Waals surface area contributed by atoms with Crippen molar-refractivity contribution in [1.29, 1.82) is 0 Å². The first-order valence-electron chi connectivity index (χ1n) is 6.12. The molecule has 3 rings (SSSR count). The van der Waals surface area contributed by atoms with Crippen LogP contribution in [0, 0.1) is 3.77 Å². The maximum Gasteiger partial charge on any atom is 0.264 e. The Morgan fingerprint density at radius 1 is 1.39 bits per heavy atom. The van der Waals surface area contributed by atoms with Crippen molar-refractivity contribution in [3.63, 3.8) is 0 Å². The second-order valence-corrected chi connectivity index (χ2v) is 7.98. The van der Waals surface area contributed by atoms with E-state index in [2.05, 4.69) is 48.8 Å². The van der Waals surface area contributed by atoms with Crippen LogP contribution in [-0.4, -0.2) is 11.1 Å². The van der Waals surface area contributed by atoms with Gasteiger partial charge in [0.2, 0.25) is 0 Å². The van der Waals surface area contributed by atoms with Crippen molar-refractivity contribution in [2.75, 3.05) is 0 Å². The molecule has 1 aliphatic heterocycles. The monoisotopic (exact) mass is 542 g/mol. The van der Waals surface area contributed by atoms with Gasteiger partial charge in [0, 0.05) is 28.7 Å². The molecule has 23 heavy (non-hydrogen) atoms. The van der Waals surface area contributed by atoms with E-state index in [1.165, 1.54) is 11.8 Å². The second kappa shape index (κ2) is 7.18. The second-order valence-electron chi connectivity index (χ2n) is 4.33. The van der Waals surface area contributed by atoms with Gasteiger partial charge in [0.1, 0.15) is 5.76 Å². The molecule has 1 aromatic carbocycles. The molecule has 1 aromatic heterocycles. The summed E-state index contributed by atoms with van der Waals surface area (Å²) < 4.78 is 7.07. The van der Waals surface area contributed by atoms with Crippen molar-refractivity contribution in [3.05, 3.63) is 53.2 Å². The maximum atomic E-state index is 12.0. The normalized spacial score (nSPS) is 18.0. The van der Waals surface area contributed by atoms with Gasteiger partial charge in [-0.25, -0.2) is 4.99 Å². The third-order valence-corrected chi connectivity index (χ3v) is 6.59. The van der Waals surface area contributed by atoms with Crippen molar-refractivity contribution < 1.29 is 9.21 Å². The Labute approximate surface area is 168 Å². The van der Waals surface area contributed by atoms with E-state index in [-0.39, 0.29) is 5.91 Å². The number of carbonyl (C=O) groups is 1. The summed E-state index contributed by atoms with van der Waals surface area (Å²) in [6, 6.07) is 6.94. The van der Waals surface area contributed by atoms with E-state index < -0.39 is 0 Å². The predicted molar refractivity (Wildman–Crippen MR) is 106 cm³/mol. The molecule has 0 saturated carbocycles. The molecule has 1 aliphatic rings. The number of halogens is 4. The molecule has 0 unspecified atom stereocenters. The lowest BCUT2D eigenvalue weighted by Gasteiger charge is -2.00.